The summed E-state index contributed by atoms with van der Waals surface area (Å²) >= 11 is 0. The zero-order valence-electron chi connectivity index (χ0n) is 17.8. The van der Waals surface area contributed by atoms with Gasteiger partial charge < -0.3 is 10.5 Å². The van der Waals surface area contributed by atoms with Crippen molar-refractivity contribution < 1.29 is 17.9 Å². The smallest absolute Gasteiger partial charge is 0.280 e. The summed E-state index contributed by atoms with van der Waals surface area (Å²) in [6.45, 7) is 2.10. The largest absolute Gasteiger partial charge is 0.477 e. The number of pyridine rings is 1. The summed E-state index contributed by atoms with van der Waals surface area (Å²) in [6.07, 6.45) is 2.96. The Labute approximate surface area is 184 Å². The lowest BCUT2D eigenvalue weighted by Crippen LogP contribution is -2.16. The second-order valence-electron chi connectivity index (χ2n) is 8.16. The third-order valence-corrected chi connectivity index (χ3v) is 5.68. The maximum Gasteiger partial charge on any atom is 0.280 e. The Balaban J connectivity index is 1.84. The average Bonchev–Trinajstić information content (AvgIpc) is 2.78. The second kappa shape index (κ2) is 9.54. The first-order valence-electron chi connectivity index (χ1n) is 10.7. The Bertz CT molecular complexity index is 1080. The molecular formula is C24H25F3N4O. The van der Waals surface area contributed by atoms with Gasteiger partial charge in [-0.15, -0.1) is 0 Å². The number of hydrogen-bond donors (Lipinski definition) is 1. The molecule has 32 heavy (non-hydrogen) atoms. The van der Waals surface area contributed by atoms with Gasteiger partial charge in [0.15, 0.2) is 0 Å². The van der Waals surface area contributed by atoms with Gasteiger partial charge in [-0.05, 0) is 67.6 Å². The Morgan fingerprint density at radius 2 is 1.72 bits per heavy atom. The topological polar surface area (TPSA) is 73.9 Å². The molecule has 168 valence electrons. The van der Waals surface area contributed by atoms with Crippen LogP contribution in [0.5, 0.6) is 5.88 Å². The summed E-state index contributed by atoms with van der Waals surface area (Å²) in [7, 11) is 0. The molecule has 1 aromatic carbocycles. The zero-order chi connectivity index (χ0) is 22.7. The van der Waals surface area contributed by atoms with Crippen LogP contribution in [0.1, 0.15) is 49.9 Å². The van der Waals surface area contributed by atoms with Gasteiger partial charge in [0.05, 0.1) is 17.9 Å². The Hall–Kier alpha value is -3.16. The molecule has 0 aliphatic heterocycles. The van der Waals surface area contributed by atoms with E-state index in [0.29, 0.717) is 40.6 Å². The van der Waals surface area contributed by atoms with E-state index in [-0.39, 0.29) is 17.5 Å². The minimum Gasteiger partial charge on any atom is -0.477 e. The third-order valence-electron chi connectivity index (χ3n) is 5.68. The van der Waals surface area contributed by atoms with Crippen molar-refractivity contribution in [2.45, 2.75) is 45.5 Å². The molecular weight excluding hydrogens is 417 g/mol. The van der Waals surface area contributed by atoms with Crippen LogP contribution in [0.25, 0.3) is 22.4 Å². The van der Waals surface area contributed by atoms with Crippen LogP contribution < -0.4 is 10.5 Å². The highest BCUT2D eigenvalue weighted by Gasteiger charge is 2.23. The number of hydrogen-bond acceptors (Lipinski definition) is 5. The van der Waals surface area contributed by atoms with E-state index >= 15 is 0 Å². The highest BCUT2D eigenvalue weighted by atomic mass is 19.3. The lowest BCUT2D eigenvalue weighted by molar-refractivity contribution is 0.146. The van der Waals surface area contributed by atoms with E-state index in [1.165, 1.54) is 24.6 Å². The van der Waals surface area contributed by atoms with E-state index in [9.17, 15) is 13.2 Å². The zero-order valence-corrected chi connectivity index (χ0v) is 17.8. The monoisotopic (exact) mass is 442 g/mol. The normalized spacial score (nSPS) is 14.7. The minimum absolute atomic E-state index is 0.00780. The van der Waals surface area contributed by atoms with Crippen LogP contribution in [0, 0.1) is 18.7 Å². The van der Waals surface area contributed by atoms with Crippen molar-refractivity contribution in [1.82, 2.24) is 15.0 Å². The molecule has 1 aliphatic carbocycles. The van der Waals surface area contributed by atoms with Crippen molar-refractivity contribution in [3.63, 3.8) is 0 Å². The Morgan fingerprint density at radius 3 is 2.41 bits per heavy atom. The van der Waals surface area contributed by atoms with Crippen LogP contribution in [0.4, 0.5) is 19.1 Å². The standard InChI is InChI=1S/C24H25F3N4O/c1-14-11-17(12-19(29-14)22(26)27)20-21(16-7-9-18(25)10-8-16)30-24(28)31-23(20)32-13-15-5-3-2-4-6-15/h7-12,15,22H,2-6,13H2,1H3,(H2,28,30,31). The highest BCUT2D eigenvalue weighted by molar-refractivity contribution is 5.85. The number of nitrogens with zero attached hydrogens (tertiary/aromatic N) is 3. The number of aromatic nitrogens is 3. The predicted molar refractivity (Wildman–Crippen MR) is 117 cm³/mol. The summed E-state index contributed by atoms with van der Waals surface area (Å²) < 4.78 is 46.6. The van der Waals surface area contributed by atoms with Crippen LogP contribution in [-0.2, 0) is 0 Å². The molecule has 0 bridgehead atoms. The molecule has 0 spiro atoms. The maximum atomic E-state index is 13.5. The third kappa shape index (κ3) is 5.00. The van der Waals surface area contributed by atoms with Crippen LogP contribution in [0.15, 0.2) is 36.4 Å². The van der Waals surface area contributed by atoms with Crippen molar-refractivity contribution in [1.29, 1.82) is 0 Å². The molecule has 4 rings (SSSR count). The van der Waals surface area contributed by atoms with Gasteiger partial charge in [0.1, 0.15) is 11.5 Å². The van der Waals surface area contributed by atoms with Crippen molar-refractivity contribution in [2.75, 3.05) is 12.3 Å². The quantitative estimate of drug-likeness (QED) is 0.497. The summed E-state index contributed by atoms with van der Waals surface area (Å²) in [4.78, 5) is 12.6. The first kappa shape index (κ1) is 22.0. The number of nitrogen functional groups attached to an aromatic ring is 1. The fourth-order valence-corrected chi connectivity index (χ4v) is 4.14. The van der Waals surface area contributed by atoms with Crippen LogP contribution in [0.2, 0.25) is 0 Å². The first-order chi connectivity index (χ1) is 15.4. The molecule has 0 amide bonds. The lowest BCUT2D eigenvalue weighted by atomic mass is 9.90. The van der Waals surface area contributed by atoms with Gasteiger partial charge in [0.25, 0.3) is 6.43 Å². The highest BCUT2D eigenvalue weighted by Crippen LogP contribution is 2.39. The maximum absolute atomic E-state index is 13.5. The molecule has 2 N–H and O–H groups in total. The molecule has 1 saturated carbocycles. The summed E-state index contributed by atoms with van der Waals surface area (Å²) in [5, 5.41) is 0. The van der Waals surface area contributed by atoms with Gasteiger partial charge in [-0.3, -0.25) is 4.98 Å². The summed E-state index contributed by atoms with van der Waals surface area (Å²) in [5.41, 5.74) is 7.92. The molecule has 3 aromatic rings. The van der Waals surface area contributed by atoms with E-state index < -0.39 is 12.2 Å². The van der Waals surface area contributed by atoms with Gasteiger partial charge in [0.2, 0.25) is 11.8 Å². The molecule has 0 atom stereocenters. The molecule has 8 heteroatoms. The van der Waals surface area contributed by atoms with Gasteiger partial charge in [-0.25, -0.2) is 18.2 Å². The SMILES string of the molecule is Cc1cc(-c2c(OCC3CCCCC3)nc(N)nc2-c2ccc(F)cc2)cc(C(F)F)n1. The van der Waals surface area contributed by atoms with Crippen molar-refractivity contribution in [3.05, 3.63) is 53.6 Å². The van der Waals surface area contributed by atoms with Crippen molar-refractivity contribution in [3.8, 4) is 28.3 Å². The van der Waals surface area contributed by atoms with Crippen LogP contribution in [0.3, 0.4) is 0 Å². The molecule has 0 radical (unpaired) electrons. The van der Waals surface area contributed by atoms with E-state index in [2.05, 4.69) is 15.0 Å². The van der Waals surface area contributed by atoms with Crippen LogP contribution >= 0.6 is 0 Å². The predicted octanol–water partition coefficient (Wildman–Crippen LogP) is 6.13. The number of halogens is 3. The summed E-state index contributed by atoms with van der Waals surface area (Å²) in [5.74, 6) is 0.225. The fraction of sp³-hybridized carbons (Fsp3) is 0.375. The van der Waals surface area contributed by atoms with Crippen molar-refractivity contribution in [2.24, 2.45) is 5.92 Å². The molecule has 0 saturated heterocycles. The molecule has 2 heterocycles. The minimum atomic E-state index is -2.73. The molecule has 1 fully saturated rings. The fourth-order valence-electron chi connectivity index (χ4n) is 4.14. The number of alkyl halides is 2. The second-order valence-corrected chi connectivity index (χ2v) is 8.16. The molecule has 0 unspecified atom stereocenters. The number of aryl methyl sites for hydroxylation is 1. The average molecular weight is 442 g/mol. The van der Waals surface area contributed by atoms with Gasteiger partial charge >= 0.3 is 0 Å². The van der Waals surface area contributed by atoms with Gasteiger partial charge in [-0.2, -0.15) is 4.98 Å². The molecule has 1 aliphatic rings. The van der Waals surface area contributed by atoms with Crippen molar-refractivity contribution >= 4 is 5.95 Å². The number of nitrogens with two attached hydrogens (primary N) is 1. The van der Waals surface area contributed by atoms with E-state index in [0.717, 1.165) is 25.7 Å². The van der Waals surface area contributed by atoms with E-state index in [1.54, 1.807) is 25.1 Å². The number of anilines is 1. The lowest BCUT2D eigenvalue weighted by Gasteiger charge is -2.23. The molecule has 2 aromatic heterocycles. The first-order valence-corrected chi connectivity index (χ1v) is 10.7. The Kier molecular flexibility index (Phi) is 6.58. The number of ether oxygens (including phenoxy) is 1. The number of benzene rings is 1. The number of rotatable bonds is 6. The van der Waals surface area contributed by atoms with Gasteiger partial charge in [-0.1, -0.05) is 19.3 Å². The van der Waals surface area contributed by atoms with Gasteiger partial charge in [0, 0.05) is 11.3 Å². The van der Waals surface area contributed by atoms with E-state index in [4.69, 9.17) is 10.5 Å². The molecule has 5 nitrogen and oxygen atoms in total. The van der Waals surface area contributed by atoms with Crippen LogP contribution in [-0.4, -0.2) is 21.6 Å². The summed E-state index contributed by atoms with van der Waals surface area (Å²) in [6, 6.07) is 8.74. The van der Waals surface area contributed by atoms with E-state index in [1.807, 2.05) is 0 Å². The Morgan fingerprint density at radius 1 is 1.00 bits per heavy atom.